The Balaban J connectivity index is 0.00000225. The molecular formula is C10H9Br3O3. The molecule has 1 aromatic rings. The number of Topliss-reactive ketones (excluding diaryl/α,β-unsaturated/α-hetero) is 1. The van der Waals surface area contributed by atoms with Gasteiger partial charge in [-0.3, -0.25) is 9.59 Å². The largest absolute Gasteiger partial charge is 0.481 e. The second-order valence-corrected chi connectivity index (χ2v) is 4.57. The minimum Gasteiger partial charge on any atom is -0.481 e. The van der Waals surface area contributed by atoms with Crippen LogP contribution in [0, 0.1) is 0 Å². The van der Waals surface area contributed by atoms with Gasteiger partial charge in [0.05, 0.1) is 6.42 Å². The lowest BCUT2D eigenvalue weighted by Crippen LogP contribution is -2.04. The molecule has 0 bridgehead atoms. The van der Waals surface area contributed by atoms with Crippen LogP contribution in [0.25, 0.3) is 0 Å². The summed E-state index contributed by atoms with van der Waals surface area (Å²) >= 11 is 6.55. The molecule has 0 unspecified atom stereocenters. The van der Waals surface area contributed by atoms with Crippen LogP contribution in [0.3, 0.4) is 0 Å². The van der Waals surface area contributed by atoms with Gasteiger partial charge >= 0.3 is 5.97 Å². The van der Waals surface area contributed by atoms with Gasteiger partial charge < -0.3 is 5.11 Å². The zero-order valence-electron chi connectivity index (χ0n) is 8.07. The fourth-order valence-electron chi connectivity index (χ4n) is 1.07. The van der Waals surface area contributed by atoms with E-state index >= 15 is 0 Å². The fourth-order valence-corrected chi connectivity index (χ4v) is 1.93. The first-order valence-electron chi connectivity index (χ1n) is 4.21. The molecule has 0 aliphatic carbocycles. The molecule has 0 saturated heterocycles. The van der Waals surface area contributed by atoms with Crippen LogP contribution in [0.4, 0.5) is 0 Å². The molecule has 1 N–H and O–H groups in total. The van der Waals surface area contributed by atoms with Crippen molar-refractivity contribution >= 4 is 60.6 Å². The van der Waals surface area contributed by atoms with Gasteiger partial charge in [0, 0.05) is 20.9 Å². The summed E-state index contributed by atoms with van der Waals surface area (Å²) in [6.45, 7) is 0. The Morgan fingerprint density at radius 3 is 2.38 bits per heavy atom. The van der Waals surface area contributed by atoms with E-state index in [-0.39, 0.29) is 35.6 Å². The van der Waals surface area contributed by atoms with Crippen molar-refractivity contribution < 1.29 is 14.7 Å². The van der Waals surface area contributed by atoms with Crippen molar-refractivity contribution in [3.8, 4) is 0 Å². The van der Waals surface area contributed by atoms with Gasteiger partial charge in [0.2, 0.25) is 0 Å². The number of halogens is 3. The Kier molecular flexibility index (Phi) is 7.10. The van der Waals surface area contributed by atoms with Gasteiger partial charge in [-0.2, -0.15) is 0 Å². The molecule has 0 aliphatic heterocycles. The molecule has 3 nitrogen and oxygen atoms in total. The van der Waals surface area contributed by atoms with Crippen LogP contribution in [-0.2, 0) is 4.79 Å². The normalized spacial score (nSPS) is 9.38. The molecule has 0 spiro atoms. The SMILES string of the molecule is Br.O=C(O)CCC(=O)c1cccc(Br)c1Br. The minimum atomic E-state index is -0.963. The molecule has 0 aromatic heterocycles. The van der Waals surface area contributed by atoms with E-state index in [0.29, 0.717) is 10.0 Å². The number of aliphatic carboxylic acids is 1. The van der Waals surface area contributed by atoms with Crippen LogP contribution in [0.5, 0.6) is 0 Å². The number of hydrogen-bond acceptors (Lipinski definition) is 2. The van der Waals surface area contributed by atoms with Crippen LogP contribution in [0.2, 0.25) is 0 Å². The van der Waals surface area contributed by atoms with E-state index in [1.54, 1.807) is 18.2 Å². The van der Waals surface area contributed by atoms with Crippen molar-refractivity contribution in [1.29, 1.82) is 0 Å². The average molecular weight is 417 g/mol. The number of carboxylic acids is 1. The molecule has 1 rings (SSSR count). The van der Waals surface area contributed by atoms with Crippen molar-refractivity contribution in [3.05, 3.63) is 32.7 Å². The predicted octanol–water partition coefficient (Wildman–Crippen LogP) is 3.84. The number of ketones is 1. The number of benzene rings is 1. The number of carboxylic acid groups (broad SMARTS) is 1. The minimum absolute atomic E-state index is 0. The zero-order chi connectivity index (χ0) is 11.4. The van der Waals surface area contributed by atoms with Crippen LogP contribution in [0.1, 0.15) is 23.2 Å². The summed E-state index contributed by atoms with van der Waals surface area (Å²) in [7, 11) is 0. The highest BCUT2D eigenvalue weighted by Crippen LogP contribution is 2.27. The first-order valence-corrected chi connectivity index (χ1v) is 5.80. The van der Waals surface area contributed by atoms with E-state index in [4.69, 9.17) is 5.11 Å². The van der Waals surface area contributed by atoms with Gasteiger partial charge in [0.1, 0.15) is 0 Å². The quantitative estimate of drug-likeness (QED) is 0.759. The lowest BCUT2D eigenvalue weighted by molar-refractivity contribution is -0.136. The molecule has 6 heteroatoms. The first kappa shape index (κ1) is 15.8. The molecule has 0 radical (unpaired) electrons. The maximum absolute atomic E-state index is 11.6. The maximum atomic E-state index is 11.6. The predicted molar refractivity (Wildman–Crippen MR) is 73.4 cm³/mol. The molecular weight excluding hydrogens is 408 g/mol. The third-order valence-electron chi connectivity index (χ3n) is 1.82. The Labute approximate surface area is 120 Å². The van der Waals surface area contributed by atoms with Gasteiger partial charge in [-0.25, -0.2) is 0 Å². The van der Waals surface area contributed by atoms with Crippen LogP contribution >= 0.6 is 48.8 Å². The summed E-state index contributed by atoms with van der Waals surface area (Å²) in [4.78, 5) is 21.9. The summed E-state index contributed by atoms with van der Waals surface area (Å²) in [5.41, 5.74) is 0.505. The Bertz CT molecular complexity index is 404. The van der Waals surface area contributed by atoms with E-state index in [1.807, 2.05) is 0 Å². The third-order valence-corrected chi connectivity index (χ3v) is 3.87. The molecule has 0 saturated carbocycles. The molecule has 0 aliphatic rings. The zero-order valence-corrected chi connectivity index (χ0v) is 13.0. The molecule has 1 aromatic carbocycles. The van der Waals surface area contributed by atoms with Crippen molar-refractivity contribution in [2.45, 2.75) is 12.8 Å². The standard InChI is InChI=1S/C10H8Br2O3.BrH/c11-7-3-1-2-6(10(7)12)8(13)4-5-9(14)15;/h1-3H,4-5H2,(H,14,15);1H. The molecule has 0 atom stereocenters. The molecule has 16 heavy (non-hydrogen) atoms. The number of carbonyl (C=O) groups is 2. The Hall–Kier alpha value is -0.200. The van der Waals surface area contributed by atoms with E-state index < -0.39 is 5.97 Å². The van der Waals surface area contributed by atoms with E-state index in [1.165, 1.54) is 0 Å². The van der Waals surface area contributed by atoms with Gasteiger partial charge in [-0.15, -0.1) is 17.0 Å². The summed E-state index contributed by atoms with van der Waals surface area (Å²) < 4.78 is 1.45. The monoisotopic (exact) mass is 414 g/mol. The van der Waals surface area contributed by atoms with E-state index in [2.05, 4.69) is 31.9 Å². The van der Waals surface area contributed by atoms with Crippen molar-refractivity contribution in [3.63, 3.8) is 0 Å². The average Bonchev–Trinajstić information content (AvgIpc) is 2.18. The van der Waals surface area contributed by atoms with Crippen molar-refractivity contribution in [1.82, 2.24) is 0 Å². The van der Waals surface area contributed by atoms with Gasteiger partial charge in [-0.1, -0.05) is 12.1 Å². The molecule has 88 valence electrons. The fraction of sp³-hybridized carbons (Fsp3) is 0.200. The van der Waals surface area contributed by atoms with E-state index in [0.717, 1.165) is 4.47 Å². The number of hydrogen-bond donors (Lipinski definition) is 1. The van der Waals surface area contributed by atoms with Crippen LogP contribution < -0.4 is 0 Å². The second kappa shape index (κ2) is 7.19. The summed E-state index contributed by atoms with van der Waals surface area (Å²) in [5, 5.41) is 8.46. The van der Waals surface area contributed by atoms with Gasteiger partial charge in [-0.05, 0) is 37.9 Å². The Morgan fingerprint density at radius 1 is 1.19 bits per heavy atom. The maximum Gasteiger partial charge on any atom is 0.303 e. The highest BCUT2D eigenvalue weighted by Gasteiger charge is 2.12. The first-order chi connectivity index (χ1) is 7.02. The molecule has 0 fully saturated rings. The second-order valence-electron chi connectivity index (χ2n) is 2.92. The van der Waals surface area contributed by atoms with Gasteiger partial charge in [0.15, 0.2) is 5.78 Å². The summed E-state index contributed by atoms with van der Waals surface area (Å²) in [5.74, 6) is -1.14. The molecule has 0 amide bonds. The van der Waals surface area contributed by atoms with Crippen molar-refractivity contribution in [2.75, 3.05) is 0 Å². The summed E-state index contributed by atoms with van der Waals surface area (Å²) in [6, 6.07) is 5.21. The lowest BCUT2D eigenvalue weighted by Gasteiger charge is -2.03. The Morgan fingerprint density at radius 2 is 1.81 bits per heavy atom. The topological polar surface area (TPSA) is 54.4 Å². The van der Waals surface area contributed by atoms with Crippen LogP contribution in [0.15, 0.2) is 27.1 Å². The summed E-state index contributed by atoms with van der Waals surface area (Å²) in [6.07, 6.45) is -0.123. The number of carbonyl (C=O) groups excluding carboxylic acids is 1. The lowest BCUT2D eigenvalue weighted by atomic mass is 10.1. The molecule has 0 heterocycles. The van der Waals surface area contributed by atoms with Crippen molar-refractivity contribution in [2.24, 2.45) is 0 Å². The van der Waals surface area contributed by atoms with Gasteiger partial charge in [0.25, 0.3) is 0 Å². The van der Waals surface area contributed by atoms with Crippen LogP contribution in [-0.4, -0.2) is 16.9 Å². The third kappa shape index (κ3) is 4.35. The smallest absolute Gasteiger partial charge is 0.303 e. The number of rotatable bonds is 4. The highest BCUT2D eigenvalue weighted by atomic mass is 79.9. The van der Waals surface area contributed by atoms with E-state index in [9.17, 15) is 9.59 Å². The highest BCUT2D eigenvalue weighted by molar-refractivity contribution is 9.13.